The molecule has 0 fully saturated rings. The van der Waals surface area contributed by atoms with Gasteiger partial charge >= 0.3 is 0 Å². The van der Waals surface area contributed by atoms with Gasteiger partial charge in [0.25, 0.3) is 0 Å². The Labute approximate surface area is 123 Å². The van der Waals surface area contributed by atoms with E-state index < -0.39 is 6.10 Å². The second-order valence-corrected chi connectivity index (χ2v) is 5.27. The van der Waals surface area contributed by atoms with Crippen LogP contribution in [0.5, 0.6) is 5.75 Å². The van der Waals surface area contributed by atoms with Crippen molar-refractivity contribution < 1.29 is 14.3 Å². The second kappa shape index (κ2) is 5.26. The quantitative estimate of drug-likeness (QED) is 0.785. The summed E-state index contributed by atoms with van der Waals surface area (Å²) in [6, 6.07) is 13.5. The molecule has 1 unspecified atom stereocenters. The molecule has 0 aliphatic carbocycles. The summed E-state index contributed by atoms with van der Waals surface area (Å²) in [6.07, 6.45) is -0.776. The number of fused-ring (bicyclic) bond motifs is 1. The fourth-order valence-electron chi connectivity index (χ4n) is 2.60. The molecule has 3 heteroatoms. The molecule has 1 atom stereocenters. The molecule has 0 aliphatic rings. The molecule has 2 aromatic carbocycles. The van der Waals surface area contributed by atoms with Gasteiger partial charge in [-0.3, -0.25) is 0 Å². The van der Waals surface area contributed by atoms with E-state index in [0.717, 1.165) is 33.4 Å². The van der Waals surface area contributed by atoms with E-state index in [-0.39, 0.29) is 0 Å². The van der Waals surface area contributed by atoms with E-state index in [9.17, 15) is 5.11 Å². The van der Waals surface area contributed by atoms with Crippen molar-refractivity contribution in [2.45, 2.75) is 20.0 Å². The number of benzene rings is 2. The Kier molecular flexibility index (Phi) is 3.43. The Morgan fingerprint density at radius 2 is 1.86 bits per heavy atom. The number of ether oxygens (including phenoxy) is 1. The van der Waals surface area contributed by atoms with Gasteiger partial charge in [-0.15, -0.1) is 0 Å². The lowest BCUT2D eigenvalue weighted by molar-refractivity contribution is 0.192. The number of aryl methyl sites for hydroxylation is 2. The fourth-order valence-corrected chi connectivity index (χ4v) is 2.60. The van der Waals surface area contributed by atoms with Crippen molar-refractivity contribution in [3.8, 4) is 5.75 Å². The number of aliphatic hydroxyl groups is 1. The monoisotopic (exact) mass is 282 g/mol. The number of rotatable bonds is 3. The Bertz CT molecular complexity index is 786. The van der Waals surface area contributed by atoms with Crippen molar-refractivity contribution in [2.75, 3.05) is 7.11 Å². The first-order chi connectivity index (χ1) is 10.1. The van der Waals surface area contributed by atoms with E-state index in [2.05, 4.69) is 0 Å². The third-order valence-electron chi connectivity index (χ3n) is 3.76. The maximum absolute atomic E-state index is 10.5. The first kappa shape index (κ1) is 13.7. The number of hydrogen-bond acceptors (Lipinski definition) is 3. The standard InChI is InChI=1S/C18H18O3/c1-11-5-4-6-14-10-16(21-18(11)14)17(19)13-7-8-15(20-3)12(2)9-13/h4-10,17,19H,1-3H3. The zero-order chi connectivity index (χ0) is 15.0. The van der Waals surface area contributed by atoms with Crippen LogP contribution in [0.1, 0.15) is 28.6 Å². The molecule has 0 amide bonds. The van der Waals surface area contributed by atoms with Gasteiger partial charge in [0.15, 0.2) is 0 Å². The lowest BCUT2D eigenvalue weighted by atomic mass is 10.0. The predicted octanol–water partition coefficient (Wildman–Crippen LogP) is 4.14. The summed E-state index contributed by atoms with van der Waals surface area (Å²) < 4.78 is 11.1. The average Bonchev–Trinajstić information content (AvgIpc) is 2.92. The van der Waals surface area contributed by atoms with Crippen LogP contribution in [0.4, 0.5) is 0 Å². The van der Waals surface area contributed by atoms with Gasteiger partial charge in [-0.1, -0.05) is 24.3 Å². The zero-order valence-corrected chi connectivity index (χ0v) is 12.4. The lowest BCUT2D eigenvalue weighted by Gasteiger charge is -2.11. The van der Waals surface area contributed by atoms with Crippen LogP contribution in [-0.4, -0.2) is 12.2 Å². The topological polar surface area (TPSA) is 42.6 Å². The number of furan rings is 1. The third-order valence-corrected chi connectivity index (χ3v) is 3.76. The summed E-state index contributed by atoms with van der Waals surface area (Å²) in [6.45, 7) is 3.96. The van der Waals surface area contributed by atoms with Crippen molar-refractivity contribution >= 4 is 11.0 Å². The minimum absolute atomic E-state index is 0.559. The Morgan fingerprint density at radius 3 is 2.52 bits per heavy atom. The molecule has 3 aromatic rings. The van der Waals surface area contributed by atoms with Gasteiger partial charge in [0.1, 0.15) is 23.2 Å². The summed E-state index contributed by atoms with van der Waals surface area (Å²) in [4.78, 5) is 0. The highest BCUT2D eigenvalue weighted by atomic mass is 16.5. The summed E-state index contributed by atoms with van der Waals surface area (Å²) in [5, 5.41) is 11.5. The molecule has 0 radical (unpaired) electrons. The predicted molar refractivity (Wildman–Crippen MR) is 82.7 cm³/mol. The highest BCUT2D eigenvalue weighted by Gasteiger charge is 2.17. The highest BCUT2D eigenvalue weighted by molar-refractivity contribution is 5.81. The van der Waals surface area contributed by atoms with E-state index >= 15 is 0 Å². The van der Waals surface area contributed by atoms with Crippen molar-refractivity contribution in [3.05, 3.63) is 64.9 Å². The minimum atomic E-state index is -0.776. The van der Waals surface area contributed by atoms with E-state index in [1.165, 1.54) is 0 Å². The van der Waals surface area contributed by atoms with Crippen LogP contribution >= 0.6 is 0 Å². The van der Waals surface area contributed by atoms with Gasteiger partial charge < -0.3 is 14.3 Å². The van der Waals surface area contributed by atoms with Gasteiger partial charge in [0, 0.05) is 5.39 Å². The van der Waals surface area contributed by atoms with Crippen molar-refractivity contribution in [1.82, 2.24) is 0 Å². The van der Waals surface area contributed by atoms with Gasteiger partial charge in [0.2, 0.25) is 0 Å². The van der Waals surface area contributed by atoms with Gasteiger partial charge in [-0.05, 0) is 48.7 Å². The van der Waals surface area contributed by atoms with Crippen molar-refractivity contribution in [1.29, 1.82) is 0 Å². The normalized spacial score (nSPS) is 12.6. The van der Waals surface area contributed by atoms with Crippen LogP contribution in [0.3, 0.4) is 0 Å². The van der Waals surface area contributed by atoms with Crippen LogP contribution in [0, 0.1) is 13.8 Å². The highest BCUT2D eigenvalue weighted by Crippen LogP contribution is 2.31. The maximum atomic E-state index is 10.5. The third kappa shape index (κ3) is 2.41. The number of methoxy groups -OCH3 is 1. The number of aliphatic hydroxyl groups excluding tert-OH is 1. The second-order valence-electron chi connectivity index (χ2n) is 5.27. The fraction of sp³-hybridized carbons (Fsp3) is 0.222. The summed E-state index contributed by atoms with van der Waals surface area (Å²) >= 11 is 0. The average molecular weight is 282 g/mol. The molecule has 0 saturated carbocycles. The van der Waals surface area contributed by atoms with Crippen molar-refractivity contribution in [3.63, 3.8) is 0 Å². The molecule has 0 saturated heterocycles. The van der Waals surface area contributed by atoms with E-state index in [4.69, 9.17) is 9.15 Å². The van der Waals surface area contributed by atoms with Crippen LogP contribution in [0.25, 0.3) is 11.0 Å². The van der Waals surface area contributed by atoms with Crippen LogP contribution in [-0.2, 0) is 0 Å². The van der Waals surface area contributed by atoms with Gasteiger partial charge in [-0.25, -0.2) is 0 Å². The van der Waals surface area contributed by atoms with Crippen LogP contribution in [0.2, 0.25) is 0 Å². The first-order valence-electron chi connectivity index (χ1n) is 6.92. The summed E-state index contributed by atoms with van der Waals surface area (Å²) in [5.74, 6) is 1.37. The Balaban J connectivity index is 2.01. The Hall–Kier alpha value is -2.26. The number of hydrogen-bond donors (Lipinski definition) is 1. The molecule has 1 heterocycles. The number of para-hydroxylation sites is 1. The smallest absolute Gasteiger partial charge is 0.138 e. The molecule has 21 heavy (non-hydrogen) atoms. The molecule has 108 valence electrons. The molecule has 0 bridgehead atoms. The Morgan fingerprint density at radius 1 is 1.05 bits per heavy atom. The molecular formula is C18H18O3. The SMILES string of the molecule is COc1ccc(C(O)c2cc3cccc(C)c3o2)cc1C. The van der Waals surface area contributed by atoms with E-state index in [0.29, 0.717) is 5.76 Å². The summed E-state index contributed by atoms with van der Waals surface area (Å²) in [5.41, 5.74) is 3.68. The lowest BCUT2D eigenvalue weighted by Crippen LogP contribution is -1.99. The molecule has 1 aromatic heterocycles. The van der Waals surface area contributed by atoms with E-state index in [1.54, 1.807) is 7.11 Å². The van der Waals surface area contributed by atoms with Crippen LogP contribution in [0.15, 0.2) is 46.9 Å². The molecule has 3 rings (SSSR count). The molecular weight excluding hydrogens is 264 g/mol. The molecule has 0 aliphatic heterocycles. The molecule has 1 N–H and O–H groups in total. The molecule has 3 nitrogen and oxygen atoms in total. The van der Waals surface area contributed by atoms with Gasteiger partial charge in [0.05, 0.1) is 7.11 Å². The minimum Gasteiger partial charge on any atom is -0.496 e. The molecule has 0 spiro atoms. The van der Waals surface area contributed by atoms with Crippen LogP contribution < -0.4 is 4.74 Å². The van der Waals surface area contributed by atoms with E-state index in [1.807, 2.05) is 56.3 Å². The van der Waals surface area contributed by atoms with Crippen molar-refractivity contribution in [2.24, 2.45) is 0 Å². The largest absolute Gasteiger partial charge is 0.496 e. The zero-order valence-electron chi connectivity index (χ0n) is 12.4. The van der Waals surface area contributed by atoms with Gasteiger partial charge in [-0.2, -0.15) is 0 Å². The maximum Gasteiger partial charge on any atom is 0.138 e. The summed E-state index contributed by atoms with van der Waals surface area (Å²) in [7, 11) is 1.64. The first-order valence-corrected chi connectivity index (χ1v) is 6.92.